The van der Waals surface area contributed by atoms with E-state index in [0.29, 0.717) is 24.8 Å². The van der Waals surface area contributed by atoms with Gasteiger partial charge in [0.05, 0.1) is 6.54 Å². The minimum atomic E-state index is -0.203. The SMILES string of the molecule is CC1=CSC(n2ccc(OCc3ccccc3)cc2=O)N1Cc1nc2ccccc2o1. The van der Waals surface area contributed by atoms with Crippen molar-refractivity contribution >= 4 is 22.9 Å². The average Bonchev–Trinajstić information content (AvgIpc) is 3.36. The van der Waals surface area contributed by atoms with E-state index in [1.54, 1.807) is 22.5 Å². The molecule has 156 valence electrons. The molecule has 0 amide bonds. The van der Waals surface area contributed by atoms with Crippen molar-refractivity contribution in [3.63, 3.8) is 0 Å². The van der Waals surface area contributed by atoms with E-state index < -0.39 is 0 Å². The van der Waals surface area contributed by atoms with Crippen molar-refractivity contribution in [2.45, 2.75) is 25.6 Å². The van der Waals surface area contributed by atoms with E-state index in [-0.39, 0.29) is 11.1 Å². The number of fused-ring (bicyclic) bond motifs is 1. The van der Waals surface area contributed by atoms with Gasteiger partial charge in [-0.15, -0.1) is 0 Å². The maximum atomic E-state index is 12.9. The number of hydrogen-bond acceptors (Lipinski definition) is 6. The summed E-state index contributed by atoms with van der Waals surface area (Å²) in [5, 5.41) is 2.06. The van der Waals surface area contributed by atoms with Gasteiger partial charge in [0.2, 0.25) is 5.89 Å². The van der Waals surface area contributed by atoms with E-state index in [2.05, 4.69) is 15.3 Å². The predicted octanol–water partition coefficient (Wildman–Crippen LogP) is 5.13. The average molecular weight is 432 g/mol. The zero-order valence-corrected chi connectivity index (χ0v) is 17.8. The van der Waals surface area contributed by atoms with E-state index in [1.807, 2.05) is 67.6 Å². The lowest BCUT2D eigenvalue weighted by molar-refractivity contribution is 0.240. The Bertz CT molecular complexity index is 1260. The molecular weight excluding hydrogens is 410 g/mol. The first-order chi connectivity index (χ1) is 15.2. The van der Waals surface area contributed by atoms with Gasteiger partial charge in [-0.1, -0.05) is 54.2 Å². The van der Waals surface area contributed by atoms with E-state index in [9.17, 15) is 4.79 Å². The van der Waals surface area contributed by atoms with Gasteiger partial charge in [0.25, 0.3) is 5.56 Å². The van der Waals surface area contributed by atoms with E-state index in [0.717, 1.165) is 22.4 Å². The lowest BCUT2D eigenvalue weighted by atomic mass is 10.2. The van der Waals surface area contributed by atoms with Crippen molar-refractivity contribution in [2.75, 3.05) is 0 Å². The van der Waals surface area contributed by atoms with Crippen LogP contribution in [0.5, 0.6) is 5.75 Å². The third kappa shape index (κ3) is 4.09. The molecule has 2 aromatic carbocycles. The first-order valence-electron chi connectivity index (χ1n) is 10.00. The molecule has 31 heavy (non-hydrogen) atoms. The van der Waals surface area contributed by atoms with Crippen molar-refractivity contribution < 1.29 is 9.15 Å². The standard InChI is InChI=1S/C24H21N3O3S/c1-17-16-31-24(27(17)14-22-25-20-9-5-6-10-21(20)30-22)26-12-11-19(13-23(26)28)29-15-18-7-3-2-4-8-18/h2-13,16,24H,14-15H2,1H3. The van der Waals surface area contributed by atoms with E-state index in [1.165, 1.54) is 6.07 Å². The minimum absolute atomic E-state index is 0.117. The van der Waals surface area contributed by atoms with Crippen LogP contribution in [0.3, 0.4) is 0 Å². The van der Waals surface area contributed by atoms with Gasteiger partial charge >= 0.3 is 0 Å². The summed E-state index contributed by atoms with van der Waals surface area (Å²) in [4.78, 5) is 19.6. The number of aromatic nitrogens is 2. The molecule has 4 aromatic rings. The van der Waals surface area contributed by atoms with Crippen molar-refractivity contribution in [3.05, 3.63) is 106 Å². The fourth-order valence-electron chi connectivity index (χ4n) is 3.51. The molecule has 1 aliphatic rings. The number of ether oxygens (including phenoxy) is 1. The molecule has 0 radical (unpaired) electrons. The monoisotopic (exact) mass is 431 g/mol. The number of rotatable bonds is 6. The van der Waals surface area contributed by atoms with Crippen LogP contribution in [0.4, 0.5) is 0 Å². The minimum Gasteiger partial charge on any atom is -0.489 e. The van der Waals surface area contributed by atoms with Crippen LogP contribution in [0, 0.1) is 0 Å². The topological polar surface area (TPSA) is 60.5 Å². The van der Waals surface area contributed by atoms with Crippen LogP contribution in [-0.4, -0.2) is 14.5 Å². The van der Waals surface area contributed by atoms with Gasteiger partial charge in [0, 0.05) is 18.0 Å². The summed E-state index contributed by atoms with van der Waals surface area (Å²) in [5.41, 5.74) is 3.40. The second-order valence-corrected chi connectivity index (χ2v) is 8.24. The highest BCUT2D eigenvalue weighted by Crippen LogP contribution is 2.39. The van der Waals surface area contributed by atoms with Crippen LogP contribution in [0.1, 0.15) is 23.9 Å². The van der Waals surface area contributed by atoms with Gasteiger partial charge in [-0.05, 0) is 36.1 Å². The predicted molar refractivity (Wildman–Crippen MR) is 121 cm³/mol. The summed E-state index contributed by atoms with van der Waals surface area (Å²) in [6.07, 6.45) is 1.78. The number of oxazole rings is 1. The second-order valence-electron chi connectivity index (χ2n) is 7.31. The Balaban J connectivity index is 1.34. The molecule has 0 bridgehead atoms. The van der Waals surface area contributed by atoms with Crippen molar-refractivity contribution in [3.8, 4) is 5.75 Å². The lowest BCUT2D eigenvalue weighted by Crippen LogP contribution is -2.32. The quantitative estimate of drug-likeness (QED) is 0.422. The smallest absolute Gasteiger partial charge is 0.256 e. The Hall–Kier alpha value is -3.45. The molecule has 0 aliphatic carbocycles. The number of benzene rings is 2. The molecule has 0 N–H and O–H groups in total. The molecule has 0 saturated heterocycles. The first kappa shape index (κ1) is 19.5. The van der Waals surface area contributed by atoms with Crippen molar-refractivity contribution in [1.82, 2.24) is 14.5 Å². The Kier molecular flexibility index (Phi) is 5.26. The molecule has 0 saturated carbocycles. The third-order valence-corrected chi connectivity index (χ3v) is 6.33. The molecule has 5 rings (SSSR count). The van der Waals surface area contributed by atoms with Gasteiger partial charge in [-0.25, -0.2) is 4.98 Å². The number of hydrogen-bond donors (Lipinski definition) is 0. The van der Waals surface area contributed by atoms with Gasteiger partial charge in [0.1, 0.15) is 17.9 Å². The van der Waals surface area contributed by atoms with Gasteiger partial charge in [0.15, 0.2) is 11.1 Å². The summed E-state index contributed by atoms with van der Waals surface area (Å²) in [5.74, 6) is 1.18. The summed E-state index contributed by atoms with van der Waals surface area (Å²) in [7, 11) is 0. The maximum Gasteiger partial charge on any atom is 0.256 e. The number of pyridine rings is 1. The highest BCUT2D eigenvalue weighted by molar-refractivity contribution is 8.02. The van der Waals surface area contributed by atoms with Crippen LogP contribution < -0.4 is 10.3 Å². The Morgan fingerprint density at radius 3 is 2.71 bits per heavy atom. The fourth-order valence-corrected chi connectivity index (χ4v) is 4.66. The maximum absolute atomic E-state index is 12.9. The van der Waals surface area contributed by atoms with Crippen molar-refractivity contribution in [2.24, 2.45) is 0 Å². The molecular formula is C24H21N3O3S. The van der Waals surface area contributed by atoms with Gasteiger partial charge in [-0.3, -0.25) is 9.36 Å². The normalized spacial score (nSPS) is 16.0. The highest BCUT2D eigenvalue weighted by Gasteiger charge is 2.28. The summed E-state index contributed by atoms with van der Waals surface area (Å²) < 4.78 is 13.4. The number of thioether (sulfide) groups is 1. The molecule has 2 aromatic heterocycles. The van der Waals surface area contributed by atoms with Crippen LogP contribution in [0.2, 0.25) is 0 Å². The largest absolute Gasteiger partial charge is 0.489 e. The molecule has 1 atom stereocenters. The van der Waals surface area contributed by atoms with E-state index in [4.69, 9.17) is 9.15 Å². The van der Waals surface area contributed by atoms with E-state index >= 15 is 0 Å². The lowest BCUT2D eigenvalue weighted by Gasteiger charge is -2.28. The molecule has 1 aliphatic heterocycles. The number of nitrogens with zero attached hydrogens (tertiary/aromatic N) is 3. The molecule has 3 heterocycles. The number of para-hydroxylation sites is 2. The molecule has 6 nitrogen and oxygen atoms in total. The van der Waals surface area contributed by atoms with Crippen molar-refractivity contribution in [1.29, 1.82) is 0 Å². The number of allylic oxidation sites excluding steroid dienone is 1. The van der Waals surface area contributed by atoms with Crippen LogP contribution in [0.15, 0.2) is 93.2 Å². The van der Waals surface area contributed by atoms with Crippen LogP contribution in [0.25, 0.3) is 11.1 Å². The molecule has 7 heteroatoms. The highest BCUT2D eigenvalue weighted by atomic mass is 32.2. The molecule has 0 fully saturated rings. The Morgan fingerprint density at radius 1 is 1.10 bits per heavy atom. The fraction of sp³-hybridized carbons (Fsp3) is 0.167. The molecule has 1 unspecified atom stereocenters. The summed E-state index contributed by atoms with van der Waals surface area (Å²) in [6.45, 7) is 2.93. The summed E-state index contributed by atoms with van der Waals surface area (Å²) in [6, 6.07) is 21.0. The molecule has 0 spiro atoms. The Labute approximate surface area is 183 Å². The third-order valence-electron chi connectivity index (χ3n) is 5.13. The zero-order valence-electron chi connectivity index (χ0n) is 17.0. The van der Waals surface area contributed by atoms with Crippen LogP contribution >= 0.6 is 11.8 Å². The van der Waals surface area contributed by atoms with Gasteiger partial charge < -0.3 is 14.1 Å². The second kappa shape index (κ2) is 8.35. The van der Waals surface area contributed by atoms with Gasteiger partial charge in [-0.2, -0.15) is 0 Å². The first-order valence-corrected chi connectivity index (χ1v) is 10.9. The summed E-state index contributed by atoms with van der Waals surface area (Å²) >= 11 is 1.58. The van der Waals surface area contributed by atoms with Crippen LogP contribution in [-0.2, 0) is 13.2 Å². The zero-order chi connectivity index (χ0) is 21.2. The Morgan fingerprint density at radius 2 is 1.90 bits per heavy atom.